The van der Waals surface area contributed by atoms with E-state index in [1.807, 2.05) is 0 Å². The molecule has 0 heterocycles. The average molecular weight is 287 g/mol. The number of carbonyl (C=O) groups excluding carboxylic acids is 1. The SMILES string of the molecule is CC(=O)Nc1c(F)c(F)c(F)c(F)c1OS(=O)O. The van der Waals surface area contributed by atoms with Crippen LogP contribution in [0.5, 0.6) is 5.75 Å². The van der Waals surface area contributed by atoms with E-state index in [4.69, 9.17) is 4.55 Å². The molecule has 1 atom stereocenters. The van der Waals surface area contributed by atoms with Gasteiger partial charge in [-0.2, -0.15) is 8.60 Å². The van der Waals surface area contributed by atoms with Crippen LogP contribution in [0.3, 0.4) is 0 Å². The summed E-state index contributed by atoms with van der Waals surface area (Å²) in [5.41, 5.74) is -1.21. The highest BCUT2D eigenvalue weighted by Gasteiger charge is 2.28. The molecule has 0 spiro atoms. The Hall–Kier alpha value is -1.68. The van der Waals surface area contributed by atoms with E-state index in [1.165, 1.54) is 0 Å². The Bertz CT molecular complexity index is 490. The van der Waals surface area contributed by atoms with Gasteiger partial charge in [0.15, 0.2) is 11.6 Å². The van der Waals surface area contributed by atoms with Gasteiger partial charge in [0.2, 0.25) is 23.3 Å². The van der Waals surface area contributed by atoms with Crippen LogP contribution in [0.25, 0.3) is 0 Å². The van der Waals surface area contributed by atoms with Crippen LogP contribution in [-0.4, -0.2) is 14.7 Å². The summed E-state index contributed by atoms with van der Waals surface area (Å²) in [5, 5.41) is 1.62. The zero-order chi connectivity index (χ0) is 14.0. The zero-order valence-corrected chi connectivity index (χ0v) is 9.41. The molecule has 1 aromatic rings. The maximum absolute atomic E-state index is 13.3. The molecule has 10 heteroatoms. The zero-order valence-electron chi connectivity index (χ0n) is 8.59. The van der Waals surface area contributed by atoms with Gasteiger partial charge < -0.3 is 9.50 Å². The Kier molecular flexibility index (Phi) is 4.24. The van der Waals surface area contributed by atoms with Gasteiger partial charge in [-0.1, -0.05) is 0 Å². The molecule has 18 heavy (non-hydrogen) atoms. The van der Waals surface area contributed by atoms with Crippen molar-refractivity contribution in [3.05, 3.63) is 23.3 Å². The molecular formula is C8H5F4NO4S. The molecule has 0 bridgehead atoms. The molecular weight excluding hydrogens is 282 g/mol. The van der Waals surface area contributed by atoms with Crippen molar-refractivity contribution in [2.24, 2.45) is 0 Å². The van der Waals surface area contributed by atoms with Gasteiger partial charge in [-0.3, -0.25) is 9.35 Å². The molecule has 5 nitrogen and oxygen atoms in total. The van der Waals surface area contributed by atoms with Gasteiger partial charge in [-0.15, -0.1) is 0 Å². The van der Waals surface area contributed by atoms with Crippen LogP contribution in [-0.2, 0) is 16.2 Å². The standard InChI is InChI=1S/C8H5F4NO4S/c1-2(14)13-7-5(11)3(9)4(10)6(12)8(7)17-18(15)16/h1H3,(H,13,14)(H,15,16). The molecule has 2 N–H and O–H groups in total. The highest BCUT2D eigenvalue weighted by molar-refractivity contribution is 7.74. The second kappa shape index (κ2) is 5.31. The van der Waals surface area contributed by atoms with Crippen molar-refractivity contribution in [2.45, 2.75) is 6.92 Å². The first-order chi connectivity index (χ1) is 8.25. The van der Waals surface area contributed by atoms with E-state index >= 15 is 0 Å². The third kappa shape index (κ3) is 2.76. The molecule has 1 unspecified atom stereocenters. The molecule has 1 rings (SSSR count). The molecule has 0 saturated carbocycles. The molecule has 0 fully saturated rings. The number of hydrogen-bond acceptors (Lipinski definition) is 3. The Morgan fingerprint density at radius 2 is 1.67 bits per heavy atom. The number of halogens is 4. The molecule has 0 aliphatic heterocycles. The fourth-order valence-corrected chi connectivity index (χ4v) is 1.35. The van der Waals surface area contributed by atoms with Gasteiger partial charge in [-0.05, 0) is 0 Å². The van der Waals surface area contributed by atoms with Gasteiger partial charge >= 0.3 is 11.4 Å². The highest BCUT2D eigenvalue weighted by atomic mass is 32.2. The largest absolute Gasteiger partial charge is 0.374 e. The number of nitrogens with one attached hydrogen (secondary N) is 1. The summed E-state index contributed by atoms with van der Waals surface area (Å²) in [6.45, 7) is 0.873. The summed E-state index contributed by atoms with van der Waals surface area (Å²) in [6.07, 6.45) is 0. The number of hydrogen-bond donors (Lipinski definition) is 2. The van der Waals surface area contributed by atoms with Gasteiger partial charge in [0.1, 0.15) is 5.69 Å². The summed E-state index contributed by atoms with van der Waals surface area (Å²) in [4.78, 5) is 10.7. The minimum atomic E-state index is -3.12. The Labute approximate surface area is 100 Å². The van der Waals surface area contributed by atoms with Crippen molar-refractivity contribution in [1.29, 1.82) is 0 Å². The highest BCUT2D eigenvalue weighted by Crippen LogP contribution is 2.35. The number of rotatable bonds is 3. The van der Waals surface area contributed by atoms with Crippen LogP contribution in [0.15, 0.2) is 0 Å². The van der Waals surface area contributed by atoms with E-state index in [0.29, 0.717) is 0 Å². The third-order valence-corrected chi connectivity index (χ3v) is 1.99. The van der Waals surface area contributed by atoms with Crippen molar-refractivity contribution >= 4 is 23.0 Å². The van der Waals surface area contributed by atoms with Gasteiger partial charge in [0.05, 0.1) is 0 Å². The molecule has 0 aliphatic rings. The van der Waals surface area contributed by atoms with Crippen LogP contribution in [0.1, 0.15) is 6.92 Å². The molecule has 0 saturated heterocycles. The lowest BCUT2D eigenvalue weighted by atomic mass is 10.2. The third-order valence-electron chi connectivity index (χ3n) is 1.68. The summed E-state index contributed by atoms with van der Waals surface area (Å²) < 4.78 is 74.8. The lowest BCUT2D eigenvalue weighted by molar-refractivity contribution is -0.114. The fraction of sp³-hybridized carbons (Fsp3) is 0.125. The molecule has 1 amide bonds. The summed E-state index contributed by atoms with van der Waals surface area (Å²) in [7, 11) is 0. The van der Waals surface area contributed by atoms with E-state index in [1.54, 1.807) is 5.32 Å². The van der Waals surface area contributed by atoms with Crippen LogP contribution < -0.4 is 9.50 Å². The number of amides is 1. The summed E-state index contributed by atoms with van der Waals surface area (Å²) in [6, 6.07) is 0. The number of benzene rings is 1. The Morgan fingerprint density at radius 1 is 1.17 bits per heavy atom. The van der Waals surface area contributed by atoms with Crippen molar-refractivity contribution in [1.82, 2.24) is 0 Å². The first-order valence-corrected chi connectivity index (χ1v) is 5.21. The molecule has 100 valence electrons. The molecule has 0 aromatic heterocycles. The smallest absolute Gasteiger partial charge is 0.357 e. The van der Waals surface area contributed by atoms with Crippen LogP contribution in [0.2, 0.25) is 0 Å². The topological polar surface area (TPSA) is 75.6 Å². The second-order valence-corrected chi connectivity index (χ2v) is 3.54. The maximum Gasteiger partial charge on any atom is 0.357 e. The minimum absolute atomic E-state index is 0.873. The molecule has 0 aliphatic carbocycles. The predicted octanol–water partition coefficient (Wildman–Crippen LogP) is 1.72. The van der Waals surface area contributed by atoms with E-state index in [2.05, 4.69) is 4.18 Å². The van der Waals surface area contributed by atoms with Crippen LogP contribution >= 0.6 is 0 Å². The lowest BCUT2D eigenvalue weighted by Gasteiger charge is -2.11. The summed E-state index contributed by atoms with van der Waals surface area (Å²) >= 11 is -3.12. The normalized spacial score (nSPS) is 12.1. The average Bonchev–Trinajstić information content (AvgIpc) is 2.27. The second-order valence-electron chi connectivity index (χ2n) is 2.94. The quantitative estimate of drug-likeness (QED) is 0.384. The maximum atomic E-state index is 13.3. The number of anilines is 1. The van der Waals surface area contributed by atoms with Crippen molar-refractivity contribution in [2.75, 3.05) is 5.32 Å². The van der Waals surface area contributed by atoms with E-state index < -0.39 is 52.0 Å². The van der Waals surface area contributed by atoms with Crippen molar-refractivity contribution < 1.29 is 35.3 Å². The van der Waals surface area contributed by atoms with Crippen LogP contribution in [0, 0.1) is 23.3 Å². The van der Waals surface area contributed by atoms with Gasteiger partial charge in [-0.25, -0.2) is 13.2 Å². The summed E-state index contributed by atoms with van der Waals surface area (Å²) in [5.74, 6) is -10.8. The molecule has 1 aromatic carbocycles. The first kappa shape index (κ1) is 14.4. The van der Waals surface area contributed by atoms with Crippen molar-refractivity contribution in [3.8, 4) is 5.75 Å². The Balaban J connectivity index is 3.52. The lowest BCUT2D eigenvalue weighted by Crippen LogP contribution is -2.14. The molecule has 0 radical (unpaired) electrons. The fourth-order valence-electron chi connectivity index (χ4n) is 1.05. The monoisotopic (exact) mass is 287 g/mol. The van der Waals surface area contributed by atoms with Crippen molar-refractivity contribution in [3.63, 3.8) is 0 Å². The van der Waals surface area contributed by atoms with E-state index in [9.17, 15) is 26.6 Å². The number of carbonyl (C=O) groups is 1. The van der Waals surface area contributed by atoms with Gasteiger partial charge in [0, 0.05) is 6.92 Å². The van der Waals surface area contributed by atoms with Gasteiger partial charge in [0.25, 0.3) is 0 Å². The van der Waals surface area contributed by atoms with E-state index in [-0.39, 0.29) is 0 Å². The first-order valence-electron chi connectivity index (χ1n) is 4.18. The predicted molar refractivity (Wildman–Crippen MR) is 52.0 cm³/mol. The van der Waals surface area contributed by atoms with E-state index in [0.717, 1.165) is 6.92 Å². The Morgan fingerprint density at radius 3 is 2.11 bits per heavy atom. The minimum Gasteiger partial charge on any atom is -0.374 e. The van der Waals surface area contributed by atoms with Crippen LogP contribution in [0.4, 0.5) is 23.2 Å².